The second-order valence-corrected chi connectivity index (χ2v) is 5.70. The minimum absolute atomic E-state index is 0.121. The van der Waals surface area contributed by atoms with E-state index in [0.29, 0.717) is 19.8 Å². The smallest absolute Gasteiger partial charge is 0.377 e. The van der Waals surface area contributed by atoms with E-state index in [4.69, 9.17) is 16.3 Å². The molecule has 2 N–H and O–H groups in total. The third-order valence-electron chi connectivity index (χ3n) is 3.66. The van der Waals surface area contributed by atoms with Gasteiger partial charge >= 0.3 is 6.18 Å². The lowest BCUT2D eigenvalue weighted by Gasteiger charge is -2.34. The number of nitrogens with zero attached hydrogens (tertiary/aromatic N) is 3. The van der Waals surface area contributed by atoms with Crippen LogP contribution in [0, 0.1) is 0 Å². The van der Waals surface area contributed by atoms with Crippen LogP contribution in [0.4, 0.5) is 19.0 Å². The van der Waals surface area contributed by atoms with Crippen molar-refractivity contribution >= 4 is 17.4 Å². The Kier molecular flexibility index (Phi) is 4.26. The van der Waals surface area contributed by atoms with Crippen molar-refractivity contribution in [2.45, 2.75) is 19.1 Å². The van der Waals surface area contributed by atoms with E-state index in [0.717, 1.165) is 6.20 Å². The Morgan fingerprint density at radius 1 is 1.46 bits per heavy atom. The van der Waals surface area contributed by atoms with Gasteiger partial charge in [0.05, 0.1) is 31.0 Å². The van der Waals surface area contributed by atoms with Gasteiger partial charge in [0.25, 0.3) is 5.56 Å². The molecule has 1 aliphatic rings. The van der Waals surface area contributed by atoms with E-state index in [1.165, 1.54) is 0 Å². The summed E-state index contributed by atoms with van der Waals surface area (Å²) in [6.07, 6.45) is -3.70. The summed E-state index contributed by atoms with van der Waals surface area (Å²) in [6.45, 7) is 3.08. The van der Waals surface area contributed by atoms with Crippen molar-refractivity contribution in [3.8, 4) is 11.4 Å². The summed E-state index contributed by atoms with van der Waals surface area (Å²) in [7, 11) is 0. The van der Waals surface area contributed by atoms with Gasteiger partial charge in [0, 0.05) is 6.54 Å². The van der Waals surface area contributed by atoms with Crippen LogP contribution in [0.2, 0.25) is 5.02 Å². The van der Waals surface area contributed by atoms with E-state index in [-0.39, 0.29) is 28.3 Å². The summed E-state index contributed by atoms with van der Waals surface area (Å²) >= 11 is 6.02. The number of anilines is 1. The number of aromatic amines is 2. The highest BCUT2D eigenvalue weighted by Gasteiger charge is 2.37. The second kappa shape index (κ2) is 6.10. The number of nitrogens with one attached hydrogen (secondary N) is 2. The topological polar surface area (TPSA) is 86.9 Å². The molecule has 2 aromatic rings. The molecule has 7 nitrogen and oxygen atoms in total. The van der Waals surface area contributed by atoms with Crippen molar-refractivity contribution in [3.05, 3.63) is 27.3 Å². The molecule has 0 aromatic carbocycles. The molecule has 2 aromatic heterocycles. The standard InChI is InChI=1S/C13H13ClF3N5O2/c1-6-5-24-3-2-22(6)11-8(14)12(23)20-10(19-11)7-4-18-21-9(7)13(15,16)17/h4,6H,2-3,5H2,1H3,(H,18,21)(H,19,20,23)/t6-/m1/s1. The first-order valence-corrected chi connectivity index (χ1v) is 7.42. The molecular formula is C13H13ClF3N5O2. The van der Waals surface area contributed by atoms with Crippen LogP contribution < -0.4 is 10.5 Å². The molecule has 1 aliphatic heterocycles. The summed E-state index contributed by atoms with van der Waals surface area (Å²) in [5.74, 6) is -0.125. The third kappa shape index (κ3) is 2.98. The maximum Gasteiger partial charge on any atom is 0.433 e. The Hall–Kier alpha value is -2.07. The molecular weight excluding hydrogens is 351 g/mol. The lowest BCUT2D eigenvalue weighted by molar-refractivity contribution is -0.140. The number of rotatable bonds is 2. The summed E-state index contributed by atoms with van der Waals surface area (Å²) in [5.41, 5.74) is -2.16. The van der Waals surface area contributed by atoms with Crippen LogP contribution in [0.15, 0.2) is 11.0 Å². The quantitative estimate of drug-likeness (QED) is 0.853. The maximum absolute atomic E-state index is 13.0. The van der Waals surface area contributed by atoms with Crippen LogP contribution in [0.1, 0.15) is 12.6 Å². The minimum Gasteiger partial charge on any atom is -0.377 e. The molecule has 1 saturated heterocycles. The fourth-order valence-electron chi connectivity index (χ4n) is 2.49. The number of aromatic nitrogens is 4. The van der Waals surface area contributed by atoms with Crippen molar-refractivity contribution in [2.24, 2.45) is 0 Å². The van der Waals surface area contributed by atoms with E-state index in [9.17, 15) is 18.0 Å². The Morgan fingerprint density at radius 2 is 2.21 bits per heavy atom. The third-order valence-corrected chi connectivity index (χ3v) is 4.00. The molecule has 130 valence electrons. The van der Waals surface area contributed by atoms with Crippen LogP contribution in [0.25, 0.3) is 11.4 Å². The van der Waals surface area contributed by atoms with Crippen LogP contribution in [0.3, 0.4) is 0 Å². The van der Waals surface area contributed by atoms with E-state index >= 15 is 0 Å². The monoisotopic (exact) mass is 363 g/mol. The Balaban J connectivity index is 2.12. The molecule has 0 bridgehead atoms. The Labute approximate surface area is 138 Å². The van der Waals surface area contributed by atoms with Gasteiger partial charge in [0.15, 0.2) is 11.5 Å². The zero-order valence-electron chi connectivity index (χ0n) is 12.4. The van der Waals surface area contributed by atoms with Gasteiger partial charge < -0.3 is 14.6 Å². The average molecular weight is 364 g/mol. The molecule has 3 heterocycles. The molecule has 0 saturated carbocycles. The van der Waals surface area contributed by atoms with Gasteiger partial charge in [0.1, 0.15) is 10.8 Å². The molecule has 11 heteroatoms. The summed E-state index contributed by atoms with van der Waals surface area (Å²) in [6, 6.07) is -0.121. The fraction of sp³-hybridized carbons (Fsp3) is 0.462. The van der Waals surface area contributed by atoms with Crippen LogP contribution >= 0.6 is 11.6 Å². The normalized spacial score (nSPS) is 18.9. The zero-order valence-corrected chi connectivity index (χ0v) is 13.2. The second-order valence-electron chi connectivity index (χ2n) is 5.33. The van der Waals surface area contributed by atoms with E-state index in [1.54, 1.807) is 4.90 Å². The predicted octanol–water partition coefficient (Wildman–Crippen LogP) is 2.06. The number of morpholine rings is 1. The number of hydrogen-bond acceptors (Lipinski definition) is 5. The highest BCUT2D eigenvalue weighted by Crippen LogP contribution is 2.35. The maximum atomic E-state index is 13.0. The van der Waals surface area contributed by atoms with Crippen molar-refractivity contribution < 1.29 is 17.9 Å². The molecule has 0 radical (unpaired) electrons. The summed E-state index contributed by atoms with van der Waals surface area (Å²) in [4.78, 5) is 20.2. The molecule has 3 rings (SSSR count). The van der Waals surface area contributed by atoms with E-state index in [2.05, 4.69) is 15.1 Å². The Morgan fingerprint density at radius 3 is 2.88 bits per heavy atom. The van der Waals surface area contributed by atoms with Gasteiger partial charge in [-0.3, -0.25) is 9.89 Å². The molecule has 0 unspecified atom stereocenters. The first-order valence-electron chi connectivity index (χ1n) is 7.04. The fourth-order valence-corrected chi connectivity index (χ4v) is 2.69. The SMILES string of the molecule is C[C@@H]1COCCN1c1nc(-c2cn[nH]c2C(F)(F)F)[nH]c(=O)c1Cl. The van der Waals surface area contributed by atoms with Crippen LogP contribution in [-0.4, -0.2) is 46.0 Å². The highest BCUT2D eigenvalue weighted by molar-refractivity contribution is 6.32. The number of halogens is 4. The zero-order chi connectivity index (χ0) is 17.5. The van der Waals surface area contributed by atoms with Gasteiger partial charge in [0.2, 0.25) is 0 Å². The van der Waals surface area contributed by atoms with Gasteiger partial charge in [-0.2, -0.15) is 18.3 Å². The molecule has 0 amide bonds. The lowest BCUT2D eigenvalue weighted by atomic mass is 10.2. The molecule has 1 atom stereocenters. The van der Waals surface area contributed by atoms with Crippen LogP contribution in [-0.2, 0) is 10.9 Å². The molecule has 0 spiro atoms. The van der Waals surface area contributed by atoms with Gasteiger partial charge in [-0.15, -0.1) is 0 Å². The minimum atomic E-state index is -4.66. The Bertz CT molecular complexity index is 804. The largest absolute Gasteiger partial charge is 0.433 e. The number of ether oxygens (including phenoxy) is 1. The average Bonchev–Trinajstić information content (AvgIpc) is 3.00. The van der Waals surface area contributed by atoms with Crippen molar-refractivity contribution in [3.63, 3.8) is 0 Å². The van der Waals surface area contributed by atoms with Crippen molar-refractivity contribution in [1.29, 1.82) is 0 Å². The number of hydrogen-bond donors (Lipinski definition) is 2. The van der Waals surface area contributed by atoms with Crippen LogP contribution in [0.5, 0.6) is 0 Å². The summed E-state index contributed by atoms with van der Waals surface area (Å²) < 4.78 is 44.4. The van der Waals surface area contributed by atoms with E-state index in [1.807, 2.05) is 12.0 Å². The van der Waals surface area contributed by atoms with Crippen molar-refractivity contribution in [1.82, 2.24) is 20.2 Å². The first kappa shape index (κ1) is 16.8. The summed E-state index contributed by atoms with van der Waals surface area (Å²) in [5, 5.41) is 5.11. The molecule has 24 heavy (non-hydrogen) atoms. The van der Waals surface area contributed by atoms with Gasteiger partial charge in [-0.1, -0.05) is 11.6 Å². The van der Waals surface area contributed by atoms with Gasteiger partial charge in [-0.05, 0) is 6.92 Å². The number of H-pyrrole nitrogens is 2. The molecule has 0 aliphatic carbocycles. The molecule has 1 fully saturated rings. The first-order chi connectivity index (χ1) is 11.3. The predicted molar refractivity (Wildman–Crippen MR) is 80.1 cm³/mol. The van der Waals surface area contributed by atoms with Gasteiger partial charge in [-0.25, -0.2) is 4.98 Å². The lowest BCUT2D eigenvalue weighted by Crippen LogP contribution is -2.44. The van der Waals surface area contributed by atoms with Crippen molar-refractivity contribution in [2.75, 3.05) is 24.7 Å². The van der Waals surface area contributed by atoms with E-state index < -0.39 is 17.4 Å². The number of alkyl halides is 3. The highest BCUT2D eigenvalue weighted by atomic mass is 35.5.